The van der Waals surface area contributed by atoms with Crippen LogP contribution in [0.3, 0.4) is 0 Å². The molecule has 2 heterocycles. The molecule has 0 saturated heterocycles. The Morgan fingerprint density at radius 2 is 2.50 bits per heavy atom. The van der Waals surface area contributed by atoms with Gasteiger partial charge in [0.05, 0.1) is 12.3 Å². The van der Waals surface area contributed by atoms with Gasteiger partial charge in [-0.15, -0.1) is 0 Å². The summed E-state index contributed by atoms with van der Waals surface area (Å²) in [6.45, 7) is 0. The van der Waals surface area contributed by atoms with Crippen LogP contribution in [0, 0.1) is 0 Å². The van der Waals surface area contributed by atoms with Gasteiger partial charge < -0.3 is 8.98 Å². The Hall–Kier alpha value is -1.59. The number of nitrogens with zero attached hydrogens (tertiary/aromatic N) is 2. The first-order chi connectivity index (χ1) is 7.81. The van der Waals surface area contributed by atoms with Crippen LogP contribution in [0.4, 0.5) is 0 Å². The highest BCUT2D eigenvalue weighted by molar-refractivity contribution is 5.04. The average Bonchev–Trinajstić information content (AvgIpc) is 2.92. The molecule has 1 atom stereocenters. The van der Waals surface area contributed by atoms with E-state index in [0.29, 0.717) is 0 Å². The molecule has 0 aliphatic rings. The summed E-state index contributed by atoms with van der Waals surface area (Å²) in [6, 6.07) is 3.82. The Balaban J connectivity index is 1.96. The second-order valence-electron chi connectivity index (χ2n) is 3.73. The maximum absolute atomic E-state index is 5.50. The Kier molecular flexibility index (Phi) is 3.38. The second kappa shape index (κ2) is 4.96. The van der Waals surface area contributed by atoms with Gasteiger partial charge >= 0.3 is 0 Å². The summed E-state index contributed by atoms with van der Waals surface area (Å²) in [4.78, 5) is 4.27. The second-order valence-corrected chi connectivity index (χ2v) is 3.73. The predicted molar refractivity (Wildman–Crippen MR) is 60.3 cm³/mol. The van der Waals surface area contributed by atoms with Gasteiger partial charge in [-0.2, -0.15) is 0 Å². The maximum atomic E-state index is 5.50. The van der Waals surface area contributed by atoms with Gasteiger partial charge in [-0.3, -0.25) is 5.84 Å². The van der Waals surface area contributed by atoms with Crippen molar-refractivity contribution >= 4 is 0 Å². The Labute approximate surface area is 94.2 Å². The van der Waals surface area contributed by atoms with E-state index < -0.39 is 0 Å². The van der Waals surface area contributed by atoms with Crippen LogP contribution in [-0.2, 0) is 13.5 Å². The van der Waals surface area contributed by atoms with E-state index in [1.54, 1.807) is 12.5 Å². The highest BCUT2D eigenvalue weighted by Gasteiger charge is 2.13. The zero-order valence-corrected chi connectivity index (χ0v) is 9.26. The minimum atomic E-state index is 0.0340. The van der Waals surface area contributed by atoms with Crippen LogP contribution in [0.2, 0.25) is 0 Å². The number of nitrogens with one attached hydrogen (secondary N) is 1. The van der Waals surface area contributed by atoms with Gasteiger partial charge in [-0.25, -0.2) is 10.4 Å². The lowest BCUT2D eigenvalue weighted by molar-refractivity contribution is 0.398. The summed E-state index contributed by atoms with van der Waals surface area (Å²) < 4.78 is 7.33. The predicted octanol–water partition coefficient (Wildman–Crippen LogP) is 1.15. The molecule has 2 aromatic rings. The van der Waals surface area contributed by atoms with E-state index in [-0.39, 0.29) is 6.04 Å². The summed E-state index contributed by atoms with van der Waals surface area (Å²) in [7, 11) is 1.99. The van der Waals surface area contributed by atoms with E-state index in [2.05, 4.69) is 10.4 Å². The summed E-state index contributed by atoms with van der Waals surface area (Å²) in [5.41, 5.74) is 2.76. The molecule has 0 amide bonds. The van der Waals surface area contributed by atoms with Crippen molar-refractivity contribution in [2.24, 2.45) is 12.9 Å². The lowest BCUT2D eigenvalue weighted by Crippen LogP contribution is -2.28. The summed E-state index contributed by atoms with van der Waals surface area (Å²) in [5, 5.41) is 0. The number of furan rings is 1. The molecule has 0 aromatic carbocycles. The van der Waals surface area contributed by atoms with Crippen molar-refractivity contribution in [3.63, 3.8) is 0 Å². The SMILES string of the molecule is Cn1ccnc1CCC(NN)c1ccco1. The number of aryl methyl sites for hydroxylation is 2. The van der Waals surface area contributed by atoms with Gasteiger partial charge in [-0.1, -0.05) is 0 Å². The molecule has 1 unspecified atom stereocenters. The number of imidazole rings is 1. The molecule has 0 spiro atoms. The fourth-order valence-corrected chi connectivity index (χ4v) is 1.71. The fourth-order valence-electron chi connectivity index (χ4n) is 1.71. The Bertz CT molecular complexity index is 421. The lowest BCUT2D eigenvalue weighted by Gasteiger charge is -2.12. The van der Waals surface area contributed by atoms with Gasteiger partial charge in [0.2, 0.25) is 0 Å². The van der Waals surface area contributed by atoms with E-state index >= 15 is 0 Å². The molecule has 3 N–H and O–H groups in total. The molecule has 0 aliphatic carbocycles. The number of hydrazine groups is 1. The van der Waals surface area contributed by atoms with E-state index in [1.807, 2.05) is 29.9 Å². The molecule has 2 rings (SSSR count). The van der Waals surface area contributed by atoms with Gasteiger partial charge in [0.1, 0.15) is 11.6 Å². The van der Waals surface area contributed by atoms with Crippen molar-refractivity contribution < 1.29 is 4.42 Å². The third-order valence-corrected chi connectivity index (χ3v) is 2.67. The largest absolute Gasteiger partial charge is 0.468 e. The fraction of sp³-hybridized carbons (Fsp3) is 0.364. The smallest absolute Gasteiger partial charge is 0.122 e. The normalized spacial score (nSPS) is 12.9. The first-order valence-corrected chi connectivity index (χ1v) is 5.27. The molecule has 5 heteroatoms. The molecule has 0 saturated carbocycles. The highest BCUT2D eigenvalue weighted by Crippen LogP contribution is 2.18. The molecule has 0 fully saturated rings. The van der Waals surface area contributed by atoms with Crippen molar-refractivity contribution in [3.05, 3.63) is 42.4 Å². The molecular weight excluding hydrogens is 204 g/mol. The minimum absolute atomic E-state index is 0.0340. The Morgan fingerprint density at radius 1 is 1.62 bits per heavy atom. The van der Waals surface area contributed by atoms with E-state index in [0.717, 1.165) is 24.4 Å². The van der Waals surface area contributed by atoms with Crippen LogP contribution in [0.1, 0.15) is 24.0 Å². The van der Waals surface area contributed by atoms with Crippen molar-refractivity contribution in [2.45, 2.75) is 18.9 Å². The molecular formula is C11H16N4O. The quantitative estimate of drug-likeness (QED) is 0.586. The zero-order valence-electron chi connectivity index (χ0n) is 9.26. The van der Waals surface area contributed by atoms with Gasteiger partial charge in [0, 0.05) is 25.9 Å². The topological polar surface area (TPSA) is 69.0 Å². The number of nitrogens with two attached hydrogens (primary N) is 1. The minimum Gasteiger partial charge on any atom is -0.468 e. The zero-order chi connectivity index (χ0) is 11.4. The average molecular weight is 220 g/mol. The number of hydrogen-bond acceptors (Lipinski definition) is 4. The maximum Gasteiger partial charge on any atom is 0.122 e. The molecule has 86 valence electrons. The van der Waals surface area contributed by atoms with Gasteiger partial charge in [0.25, 0.3) is 0 Å². The third-order valence-electron chi connectivity index (χ3n) is 2.67. The van der Waals surface area contributed by atoms with Crippen LogP contribution < -0.4 is 11.3 Å². The third kappa shape index (κ3) is 2.32. The van der Waals surface area contributed by atoms with Crippen molar-refractivity contribution in [1.29, 1.82) is 0 Å². The van der Waals surface area contributed by atoms with Crippen LogP contribution >= 0.6 is 0 Å². The molecule has 2 aromatic heterocycles. The van der Waals surface area contributed by atoms with E-state index in [1.165, 1.54) is 0 Å². The van der Waals surface area contributed by atoms with Crippen LogP contribution in [0.25, 0.3) is 0 Å². The lowest BCUT2D eigenvalue weighted by atomic mass is 10.1. The van der Waals surface area contributed by atoms with Crippen molar-refractivity contribution in [3.8, 4) is 0 Å². The van der Waals surface area contributed by atoms with E-state index in [9.17, 15) is 0 Å². The van der Waals surface area contributed by atoms with Crippen LogP contribution in [0.15, 0.2) is 35.2 Å². The van der Waals surface area contributed by atoms with Crippen LogP contribution in [-0.4, -0.2) is 9.55 Å². The molecule has 0 aliphatic heterocycles. The highest BCUT2D eigenvalue weighted by atomic mass is 16.3. The number of aromatic nitrogens is 2. The molecule has 0 radical (unpaired) electrons. The molecule has 5 nitrogen and oxygen atoms in total. The first-order valence-electron chi connectivity index (χ1n) is 5.27. The molecule has 16 heavy (non-hydrogen) atoms. The summed E-state index contributed by atoms with van der Waals surface area (Å²) in [5.74, 6) is 7.41. The summed E-state index contributed by atoms with van der Waals surface area (Å²) in [6.07, 6.45) is 7.11. The number of rotatable bonds is 5. The van der Waals surface area contributed by atoms with Crippen LogP contribution in [0.5, 0.6) is 0 Å². The number of hydrogen-bond donors (Lipinski definition) is 2. The van der Waals surface area contributed by atoms with E-state index in [4.69, 9.17) is 10.3 Å². The van der Waals surface area contributed by atoms with Crippen molar-refractivity contribution in [2.75, 3.05) is 0 Å². The summed E-state index contributed by atoms with van der Waals surface area (Å²) >= 11 is 0. The standard InChI is InChI=1S/C11H16N4O/c1-15-7-6-13-11(15)5-4-9(14-12)10-3-2-8-16-10/h2-3,6-9,14H,4-5,12H2,1H3. The van der Waals surface area contributed by atoms with Crippen molar-refractivity contribution in [1.82, 2.24) is 15.0 Å². The Morgan fingerprint density at radius 3 is 3.06 bits per heavy atom. The van der Waals surface area contributed by atoms with Gasteiger partial charge in [-0.05, 0) is 18.6 Å². The monoisotopic (exact) mass is 220 g/mol. The first kappa shape index (κ1) is 10.9. The van der Waals surface area contributed by atoms with Gasteiger partial charge in [0.15, 0.2) is 0 Å². The molecule has 0 bridgehead atoms.